The monoisotopic (exact) mass is 248 g/mol. The maximum Gasteiger partial charge on any atom is 0.276 e. The number of nitrogens with zero attached hydrogens (tertiary/aromatic N) is 4. The van der Waals surface area contributed by atoms with Crippen LogP contribution in [-0.4, -0.2) is 18.9 Å². The Morgan fingerprint density at radius 2 is 2.06 bits per heavy atom. The highest BCUT2D eigenvalue weighted by atomic mass is 32.1. The lowest BCUT2D eigenvalue weighted by Crippen LogP contribution is -2.18. The molecule has 2 heterocycles. The van der Waals surface area contributed by atoms with E-state index in [2.05, 4.69) is 27.8 Å². The van der Waals surface area contributed by atoms with Gasteiger partial charge in [0.15, 0.2) is 0 Å². The molecule has 88 valence electrons. The lowest BCUT2D eigenvalue weighted by atomic mass is 10.1. The van der Waals surface area contributed by atoms with Crippen molar-refractivity contribution in [2.45, 2.75) is 19.8 Å². The summed E-state index contributed by atoms with van der Waals surface area (Å²) >= 11 is 4.25. The molecule has 0 unspecified atom stereocenters. The molecule has 0 fully saturated rings. The second-order valence-electron chi connectivity index (χ2n) is 3.61. The Morgan fingerprint density at radius 3 is 2.71 bits per heavy atom. The molecule has 0 bridgehead atoms. The first-order valence-electron chi connectivity index (χ1n) is 5.25. The van der Waals surface area contributed by atoms with E-state index in [0.717, 1.165) is 5.56 Å². The molecule has 0 aliphatic rings. The van der Waals surface area contributed by atoms with Gasteiger partial charge < -0.3 is 0 Å². The third-order valence-corrected chi connectivity index (χ3v) is 2.72. The van der Waals surface area contributed by atoms with Crippen molar-refractivity contribution in [2.75, 3.05) is 0 Å². The van der Waals surface area contributed by atoms with Crippen LogP contribution < -0.4 is 5.56 Å². The maximum absolute atomic E-state index is 11.8. The molecule has 5 nitrogen and oxygen atoms in total. The van der Waals surface area contributed by atoms with Gasteiger partial charge in [-0.1, -0.05) is 19.7 Å². The fourth-order valence-corrected chi connectivity index (χ4v) is 1.85. The first kappa shape index (κ1) is 11.8. The Kier molecular flexibility index (Phi) is 3.53. The third-order valence-electron chi connectivity index (χ3n) is 2.37. The summed E-state index contributed by atoms with van der Waals surface area (Å²) in [7, 11) is 0. The Labute approximate surface area is 104 Å². The lowest BCUT2D eigenvalue weighted by molar-refractivity contribution is 0.867. The van der Waals surface area contributed by atoms with Crippen molar-refractivity contribution in [2.24, 2.45) is 0 Å². The van der Waals surface area contributed by atoms with Crippen LogP contribution in [-0.2, 0) is 12.8 Å². The van der Waals surface area contributed by atoms with Crippen LogP contribution in [0.1, 0.15) is 23.9 Å². The zero-order valence-electron chi connectivity index (χ0n) is 9.37. The fraction of sp³-hybridized carbons (Fsp3) is 0.273. The summed E-state index contributed by atoms with van der Waals surface area (Å²) in [5.41, 5.74) is 1.26. The highest BCUT2D eigenvalue weighted by Crippen LogP contribution is 2.05. The molecule has 0 saturated carbocycles. The number of thiol groups is 1. The molecule has 17 heavy (non-hydrogen) atoms. The first-order chi connectivity index (χ1) is 8.20. The van der Waals surface area contributed by atoms with E-state index in [1.165, 1.54) is 6.33 Å². The minimum absolute atomic E-state index is 0.212. The van der Waals surface area contributed by atoms with Crippen LogP contribution >= 0.6 is 12.8 Å². The number of hydrogen-bond acceptors (Lipinski definition) is 5. The van der Waals surface area contributed by atoms with Crippen molar-refractivity contribution >= 4 is 12.8 Å². The van der Waals surface area contributed by atoms with Gasteiger partial charge in [0.2, 0.25) is 0 Å². The van der Waals surface area contributed by atoms with E-state index in [-0.39, 0.29) is 5.56 Å². The topological polar surface area (TPSA) is 60.7 Å². The van der Waals surface area contributed by atoms with Gasteiger partial charge in [-0.3, -0.25) is 8.77 Å². The van der Waals surface area contributed by atoms with Crippen LogP contribution in [0.3, 0.4) is 0 Å². The molecular weight excluding hydrogens is 236 g/mol. The van der Waals surface area contributed by atoms with Crippen molar-refractivity contribution in [1.82, 2.24) is 18.9 Å². The van der Waals surface area contributed by atoms with E-state index in [9.17, 15) is 4.79 Å². The van der Waals surface area contributed by atoms with Crippen molar-refractivity contribution in [3.05, 3.63) is 52.2 Å². The average molecular weight is 248 g/mol. The first-order valence-corrected chi connectivity index (χ1v) is 5.65. The predicted molar refractivity (Wildman–Crippen MR) is 67.1 cm³/mol. The van der Waals surface area contributed by atoms with Gasteiger partial charge in [-0.25, -0.2) is 9.97 Å². The van der Waals surface area contributed by atoms with E-state index < -0.39 is 0 Å². The van der Waals surface area contributed by atoms with E-state index in [1.54, 1.807) is 22.6 Å². The molecule has 0 saturated heterocycles. The summed E-state index contributed by atoms with van der Waals surface area (Å²) < 4.78 is 1.58. The Bertz CT molecular complexity index is 567. The largest absolute Gasteiger partial charge is 0.281 e. The van der Waals surface area contributed by atoms with Gasteiger partial charge in [0.1, 0.15) is 12.2 Å². The van der Waals surface area contributed by atoms with Crippen LogP contribution in [0.25, 0.3) is 0 Å². The number of aryl methyl sites for hydroxylation is 1. The summed E-state index contributed by atoms with van der Waals surface area (Å²) in [5.74, 6) is 0.659. The summed E-state index contributed by atoms with van der Waals surface area (Å²) in [4.78, 5) is 23.5. The van der Waals surface area contributed by atoms with Crippen molar-refractivity contribution in [3.63, 3.8) is 0 Å². The molecule has 0 amide bonds. The van der Waals surface area contributed by atoms with Gasteiger partial charge in [-0.2, -0.15) is 4.98 Å². The molecule has 0 radical (unpaired) electrons. The van der Waals surface area contributed by atoms with Crippen molar-refractivity contribution in [3.8, 4) is 0 Å². The molecule has 2 aromatic rings. The number of aromatic nitrogens is 4. The summed E-state index contributed by atoms with van der Waals surface area (Å²) in [6.45, 7) is 1.93. The third kappa shape index (κ3) is 2.71. The Morgan fingerprint density at radius 1 is 1.35 bits per heavy atom. The summed E-state index contributed by atoms with van der Waals surface area (Å²) in [6.07, 6.45) is 7.67. The Hall–Kier alpha value is -1.69. The minimum Gasteiger partial charge on any atom is -0.281 e. The normalized spacial score (nSPS) is 10.5. The van der Waals surface area contributed by atoms with Crippen LogP contribution in [0.4, 0.5) is 0 Å². The van der Waals surface area contributed by atoms with Crippen LogP contribution in [0.15, 0.2) is 29.7 Å². The lowest BCUT2D eigenvalue weighted by Gasteiger charge is -2.06. The van der Waals surface area contributed by atoms with Crippen molar-refractivity contribution < 1.29 is 0 Å². The molecule has 2 rings (SSSR count). The molecule has 0 N–H and O–H groups in total. The van der Waals surface area contributed by atoms with Crippen LogP contribution in [0.5, 0.6) is 0 Å². The average Bonchev–Trinajstić information content (AvgIpc) is 2.34. The predicted octanol–water partition coefficient (Wildman–Crippen LogP) is 0.879. The van der Waals surface area contributed by atoms with Gasteiger partial charge in [0.05, 0.1) is 0 Å². The van der Waals surface area contributed by atoms with Gasteiger partial charge in [-0.05, 0) is 5.56 Å². The van der Waals surface area contributed by atoms with Gasteiger partial charge in [0.25, 0.3) is 5.56 Å². The van der Waals surface area contributed by atoms with Crippen LogP contribution in [0, 0.1) is 0 Å². The molecule has 0 aliphatic heterocycles. The molecule has 0 atom stereocenters. The molecule has 2 aromatic heterocycles. The smallest absolute Gasteiger partial charge is 0.276 e. The zero-order chi connectivity index (χ0) is 12.3. The highest BCUT2D eigenvalue weighted by Gasteiger charge is 2.06. The minimum atomic E-state index is -0.212. The van der Waals surface area contributed by atoms with Gasteiger partial charge in [-0.15, -0.1) is 0 Å². The standard InChI is InChI=1S/C11H12N4OS/c1-2-10-14-11(16)9(6-15(10)17)3-8-4-12-7-13-5-8/h4-7,17H,2-3H2,1H3. The Balaban J connectivity index is 2.34. The molecule has 6 heteroatoms. The summed E-state index contributed by atoms with van der Waals surface area (Å²) in [6, 6.07) is 0. The number of rotatable bonds is 3. The maximum atomic E-state index is 11.8. The van der Waals surface area contributed by atoms with E-state index >= 15 is 0 Å². The van der Waals surface area contributed by atoms with Gasteiger partial charge in [0, 0.05) is 37.0 Å². The molecular formula is C11H12N4OS. The molecule has 0 aromatic carbocycles. The van der Waals surface area contributed by atoms with Crippen LogP contribution in [0.2, 0.25) is 0 Å². The zero-order valence-corrected chi connectivity index (χ0v) is 10.3. The molecule has 0 spiro atoms. The summed E-state index contributed by atoms with van der Waals surface area (Å²) in [5, 5.41) is 0. The highest BCUT2D eigenvalue weighted by molar-refractivity contribution is 7.78. The number of hydrogen-bond donors (Lipinski definition) is 1. The van der Waals surface area contributed by atoms with Crippen molar-refractivity contribution in [1.29, 1.82) is 0 Å². The van der Waals surface area contributed by atoms with E-state index in [1.807, 2.05) is 6.92 Å². The second-order valence-corrected chi connectivity index (χ2v) is 4.04. The fourth-order valence-electron chi connectivity index (χ4n) is 1.52. The molecule has 0 aliphatic carbocycles. The second kappa shape index (κ2) is 5.09. The van der Waals surface area contributed by atoms with Gasteiger partial charge >= 0.3 is 0 Å². The van der Waals surface area contributed by atoms with E-state index in [4.69, 9.17) is 0 Å². The van der Waals surface area contributed by atoms with E-state index in [0.29, 0.717) is 24.2 Å². The quantitative estimate of drug-likeness (QED) is 0.819. The SMILES string of the molecule is CCc1nc(=O)c(Cc2cncnc2)cn1S.